The molecule has 0 unspecified atom stereocenters. The Kier molecular flexibility index (Phi) is 5.50. The van der Waals surface area contributed by atoms with Crippen LogP contribution in [0.5, 0.6) is 0 Å². The minimum Gasteiger partial charge on any atom is -0.381 e. The predicted octanol–water partition coefficient (Wildman–Crippen LogP) is 1.82. The van der Waals surface area contributed by atoms with Crippen LogP contribution >= 0.6 is 23.1 Å². The van der Waals surface area contributed by atoms with Crippen molar-refractivity contribution in [2.45, 2.75) is 12.5 Å². The van der Waals surface area contributed by atoms with Gasteiger partial charge in [0.15, 0.2) is 5.15 Å². The highest BCUT2D eigenvalue weighted by Gasteiger charge is 2.31. The highest BCUT2D eigenvalue weighted by atomic mass is 35.5. The Labute approximate surface area is 139 Å². The number of nitrogens with one attached hydrogen (secondary N) is 1. The number of hydrogen-bond acceptors (Lipinski definition) is 7. The van der Waals surface area contributed by atoms with E-state index in [0.717, 1.165) is 57.5 Å². The fourth-order valence-electron chi connectivity index (χ4n) is 3.04. The number of halogens is 1. The molecule has 0 spiro atoms. The molecule has 0 radical (unpaired) electrons. The van der Waals surface area contributed by atoms with Gasteiger partial charge in [-0.2, -0.15) is 9.64 Å². The SMILES string of the molecule is N#Cc1c(Cl)nsc1NC[C@H]([C@@H]1CCOC1)N1CCOCC1. The number of nitriles is 1. The quantitative estimate of drug-likeness (QED) is 0.880. The Balaban J connectivity index is 1.68. The third-order valence-electron chi connectivity index (χ3n) is 4.26. The predicted molar refractivity (Wildman–Crippen MR) is 85.4 cm³/mol. The van der Waals surface area contributed by atoms with E-state index in [1.165, 1.54) is 11.5 Å². The Hall–Kier alpha value is -0.910. The third-order valence-corrected chi connectivity index (χ3v) is 5.44. The van der Waals surface area contributed by atoms with Crippen LogP contribution in [-0.4, -0.2) is 61.4 Å². The summed E-state index contributed by atoms with van der Waals surface area (Å²) in [4.78, 5) is 2.46. The Morgan fingerprint density at radius 2 is 2.23 bits per heavy atom. The van der Waals surface area contributed by atoms with Crippen molar-refractivity contribution in [1.82, 2.24) is 9.27 Å². The zero-order valence-corrected chi connectivity index (χ0v) is 13.8. The van der Waals surface area contributed by atoms with E-state index in [4.69, 9.17) is 26.3 Å². The summed E-state index contributed by atoms with van der Waals surface area (Å²) in [5, 5.41) is 13.6. The van der Waals surface area contributed by atoms with Crippen molar-refractivity contribution in [3.05, 3.63) is 10.7 Å². The second-order valence-electron chi connectivity index (χ2n) is 5.51. The van der Waals surface area contributed by atoms with Gasteiger partial charge in [0.05, 0.1) is 19.8 Å². The van der Waals surface area contributed by atoms with E-state index in [-0.39, 0.29) is 5.15 Å². The Bertz CT molecular complexity index is 535. The van der Waals surface area contributed by atoms with Gasteiger partial charge in [-0.25, -0.2) is 0 Å². The monoisotopic (exact) mass is 342 g/mol. The van der Waals surface area contributed by atoms with Crippen LogP contribution in [0, 0.1) is 17.2 Å². The van der Waals surface area contributed by atoms with E-state index in [2.05, 4.69) is 20.7 Å². The van der Waals surface area contributed by atoms with Crippen molar-refractivity contribution in [2.75, 3.05) is 51.4 Å². The van der Waals surface area contributed by atoms with Crippen molar-refractivity contribution >= 4 is 28.1 Å². The molecule has 2 aliphatic rings. The number of nitrogens with zero attached hydrogens (tertiary/aromatic N) is 3. The molecule has 2 fully saturated rings. The Morgan fingerprint density at radius 1 is 1.41 bits per heavy atom. The number of anilines is 1. The lowest BCUT2D eigenvalue weighted by Crippen LogP contribution is -2.50. The maximum atomic E-state index is 9.16. The van der Waals surface area contributed by atoms with E-state index < -0.39 is 0 Å². The average molecular weight is 343 g/mol. The summed E-state index contributed by atoms with van der Waals surface area (Å²) in [6.07, 6.45) is 1.08. The molecule has 0 aromatic carbocycles. The topological polar surface area (TPSA) is 70.4 Å². The first kappa shape index (κ1) is 16.0. The van der Waals surface area contributed by atoms with Gasteiger partial charge >= 0.3 is 0 Å². The standard InChI is InChI=1S/C14H19ClN4O2S/c15-13-11(7-16)14(22-18-13)17-8-12(10-1-4-21-9-10)19-2-5-20-6-3-19/h10,12,17H,1-6,8-9H2/t10-,12-/m1/s1. The minimum absolute atomic E-state index is 0.280. The van der Waals surface area contributed by atoms with E-state index in [9.17, 15) is 0 Å². The second kappa shape index (κ2) is 7.57. The first-order chi connectivity index (χ1) is 10.8. The average Bonchev–Trinajstić information content (AvgIpc) is 3.19. The van der Waals surface area contributed by atoms with Gasteiger partial charge < -0.3 is 14.8 Å². The fraction of sp³-hybridized carbons (Fsp3) is 0.714. The molecule has 22 heavy (non-hydrogen) atoms. The smallest absolute Gasteiger partial charge is 0.162 e. The maximum Gasteiger partial charge on any atom is 0.162 e. The molecular weight excluding hydrogens is 324 g/mol. The molecule has 0 aliphatic carbocycles. The summed E-state index contributed by atoms with van der Waals surface area (Å²) >= 11 is 7.17. The van der Waals surface area contributed by atoms with Crippen LogP contribution in [0.4, 0.5) is 5.00 Å². The van der Waals surface area contributed by atoms with Crippen molar-refractivity contribution in [3.63, 3.8) is 0 Å². The lowest BCUT2D eigenvalue weighted by atomic mass is 9.97. The van der Waals surface area contributed by atoms with Gasteiger partial charge in [-0.05, 0) is 18.0 Å². The van der Waals surface area contributed by atoms with Gasteiger partial charge in [-0.15, -0.1) is 0 Å². The van der Waals surface area contributed by atoms with Gasteiger partial charge in [0.2, 0.25) is 0 Å². The van der Waals surface area contributed by atoms with Crippen LogP contribution in [0.1, 0.15) is 12.0 Å². The summed E-state index contributed by atoms with van der Waals surface area (Å²) in [6.45, 7) is 5.84. The second-order valence-corrected chi connectivity index (χ2v) is 6.64. The lowest BCUT2D eigenvalue weighted by Gasteiger charge is -2.37. The van der Waals surface area contributed by atoms with Gasteiger partial charge in [-0.3, -0.25) is 4.90 Å². The molecule has 3 heterocycles. The molecule has 2 saturated heterocycles. The van der Waals surface area contributed by atoms with Gasteiger partial charge in [0, 0.05) is 38.2 Å². The van der Waals surface area contributed by atoms with Crippen LogP contribution in [0.15, 0.2) is 0 Å². The summed E-state index contributed by atoms with van der Waals surface area (Å²) in [5.41, 5.74) is 0.440. The lowest BCUT2D eigenvalue weighted by molar-refractivity contribution is 0.00463. The molecule has 0 amide bonds. The summed E-state index contributed by atoms with van der Waals surface area (Å²) in [5.74, 6) is 0.513. The fourth-order valence-corrected chi connectivity index (χ4v) is 3.99. The van der Waals surface area contributed by atoms with E-state index in [1.54, 1.807) is 0 Å². The molecule has 120 valence electrons. The van der Waals surface area contributed by atoms with Crippen LogP contribution in [0.2, 0.25) is 5.15 Å². The third kappa shape index (κ3) is 3.53. The Morgan fingerprint density at radius 3 is 2.91 bits per heavy atom. The molecule has 3 rings (SSSR count). The largest absolute Gasteiger partial charge is 0.381 e. The van der Waals surface area contributed by atoms with Crippen molar-refractivity contribution in [2.24, 2.45) is 5.92 Å². The van der Waals surface area contributed by atoms with E-state index in [0.29, 0.717) is 17.5 Å². The first-order valence-corrected chi connectivity index (χ1v) is 8.63. The van der Waals surface area contributed by atoms with Crippen molar-refractivity contribution < 1.29 is 9.47 Å². The first-order valence-electron chi connectivity index (χ1n) is 7.48. The van der Waals surface area contributed by atoms with Crippen molar-refractivity contribution in [3.8, 4) is 6.07 Å². The zero-order valence-electron chi connectivity index (χ0n) is 12.3. The van der Waals surface area contributed by atoms with Crippen LogP contribution < -0.4 is 5.32 Å². The molecule has 1 aromatic heterocycles. The summed E-state index contributed by atoms with van der Waals surface area (Å²) < 4.78 is 15.1. The van der Waals surface area contributed by atoms with Crippen LogP contribution in [0.3, 0.4) is 0 Å². The number of aromatic nitrogens is 1. The molecule has 0 saturated carbocycles. The molecule has 0 bridgehead atoms. The van der Waals surface area contributed by atoms with E-state index in [1.807, 2.05) is 0 Å². The van der Waals surface area contributed by atoms with Gasteiger partial charge in [0.1, 0.15) is 16.6 Å². The molecule has 2 atom stereocenters. The molecule has 1 aromatic rings. The summed E-state index contributed by atoms with van der Waals surface area (Å²) in [6, 6.07) is 2.49. The normalized spacial score (nSPS) is 24.1. The number of ether oxygens (including phenoxy) is 2. The summed E-state index contributed by atoms with van der Waals surface area (Å²) in [7, 11) is 0. The maximum absolute atomic E-state index is 9.16. The van der Waals surface area contributed by atoms with E-state index >= 15 is 0 Å². The number of rotatable bonds is 5. The van der Waals surface area contributed by atoms with Crippen LogP contribution in [0.25, 0.3) is 0 Å². The number of hydrogen-bond donors (Lipinski definition) is 1. The molecular formula is C14H19ClN4O2S. The molecule has 8 heteroatoms. The number of morpholine rings is 1. The minimum atomic E-state index is 0.280. The zero-order chi connectivity index (χ0) is 15.4. The molecule has 1 N–H and O–H groups in total. The highest BCUT2D eigenvalue weighted by molar-refractivity contribution is 7.10. The van der Waals surface area contributed by atoms with Crippen molar-refractivity contribution in [1.29, 1.82) is 5.26 Å². The van der Waals surface area contributed by atoms with Crippen LogP contribution in [-0.2, 0) is 9.47 Å². The van der Waals surface area contributed by atoms with Gasteiger partial charge in [0.25, 0.3) is 0 Å². The van der Waals surface area contributed by atoms with Gasteiger partial charge in [-0.1, -0.05) is 11.6 Å². The highest BCUT2D eigenvalue weighted by Crippen LogP contribution is 2.29. The molecule has 2 aliphatic heterocycles. The molecule has 6 nitrogen and oxygen atoms in total.